The summed E-state index contributed by atoms with van der Waals surface area (Å²) < 4.78 is 11.1. The van der Waals surface area contributed by atoms with E-state index >= 15 is 0 Å². The maximum Gasteiger partial charge on any atom is 0.161 e. The Labute approximate surface area is 135 Å². The molecule has 1 aromatic rings. The molecular formula is C16H22BrNO3. The Hall–Kier alpha value is -1.07. The Kier molecular flexibility index (Phi) is 5.27. The minimum Gasteiger partial charge on any atom is -0.493 e. The van der Waals surface area contributed by atoms with E-state index in [0.717, 1.165) is 36.3 Å². The van der Waals surface area contributed by atoms with Crippen LogP contribution in [0.25, 0.3) is 0 Å². The molecule has 1 aromatic carbocycles. The number of rotatable bonds is 3. The lowest BCUT2D eigenvalue weighted by Crippen LogP contribution is -2.32. The molecule has 0 bridgehead atoms. The molecule has 1 heterocycles. The van der Waals surface area contributed by atoms with Crippen molar-refractivity contribution in [3.8, 4) is 11.5 Å². The van der Waals surface area contributed by atoms with Gasteiger partial charge in [0.1, 0.15) is 0 Å². The largest absolute Gasteiger partial charge is 0.493 e. The Bertz CT molecular complexity index is 532. The number of aliphatic imine (C=N–C) groups is 1. The molecule has 2 aliphatic rings. The van der Waals surface area contributed by atoms with Crippen molar-refractivity contribution in [3.63, 3.8) is 0 Å². The Morgan fingerprint density at radius 2 is 2.10 bits per heavy atom. The van der Waals surface area contributed by atoms with Crippen LogP contribution < -0.4 is 9.47 Å². The zero-order valence-corrected chi connectivity index (χ0v) is 14.1. The Morgan fingerprint density at radius 1 is 1.29 bits per heavy atom. The molecular weight excluding hydrogens is 334 g/mol. The Morgan fingerprint density at radius 3 is 2.81 bits per heavy atom. The van der Waals surface area contributed by atoms with Gasteiger partial charge in [0, 0.05) is 12.1 Å². The first-order valence-electron chi connectivity index (χ1n) is 7.29. The van der Waals surface area contributed by atoms with Crippen molar-refractivity contribution in [2.75, 3.05) is 13.7 Å². The molecule has 0 spiro atoms. The number of methoxy groups -OCH3 is 1. The van der Waals surface area contributed by atoms with Crippen molar-refractivity contribution in [2.45, 2.75) is 44.2 Å². The van der Waals surface area contributed by atoms with Crippen molar-refractivity contribution < 1.29 is 14.6 Å². The van der Waals surface area contributed by atoms with Gasteiger partial charge >= 0.3 is 0 Å². The molecule has 1 saturated carbocycles. The number of aliphatic hydroxyl groups is 1. The number of aliphatic hydroxyl groups excluding tert-OH is 1. The van der Waals surface area contributed by atoms with Crippen LogP contribution in [0.1, 0.15) is 43.2 Å². The van der Waals surface area contributed by atoms with Crippen LogP contribution in [0.15, 0.2) is 17.1 Å². The third kappa shape index (κ3) is 3.09. The smallest absolute Gasteiger partial charge is 0.161 e. The van der Waals surface area contributed by atoms with Crippen LogP contribution in [0.5, 0.6) is 11.5 Å². The molecule has 4 nitrogen and oxygen atoms in total. The molecule has 116 valence electrons. The van der Waals surface area contributed by atoms with Gasteiger partial charge in [-0.15, -0.1) is 17.0 Å². The van der Waals surface area contributed by atoms with Gasteiger partial charge in [0.05, 0.1) is 25.9 Å². The molecule has 1 fully saturated rings. The number of halogens is 1. The summed E-state index contributed by atoms with van der Waals surface area (Å²) >= 11 is 0. The summed E-state index contributed by atoms with van der Waals surface area (Å²) in [6, 6.07) is 4.35. The van der Waals surface area contributed by atoms with E-state index in [9.17, 15) is 5.11 Å². The topological polar surface area (TPSA) is 51.0 Å². The zero-order chi connectivity index (χ0) is 14.1. The second-order valence-corrected chi connectivity index (χ2v) is 5.48. The number of hydrogen-bond donors (Lipinski definition) is 1. The quantitative estimate of drug-likeness (QED) is 0.906. The van der Waals surface area contributed by atoms with Crippen LogP contribution in [0.2, 0.25) is 0 Å². The zero-order valence-electron chi connectivity index (χ0n) is 12.4. The monoisotopic (exact) mass is 355 g/mol. The average molecular weight is 356 g/mol. The highest BCUT2D eigenvalue weighted by Crippen LogP contribution is 2.42. The van der Waals surface area contributed by atoms with Crippen molar-refractivity contribution in [1.82, 2.24) is 0 Å². The van der Waals surface area contributed by atoms with Crippen LogP contribution in [0.4, 0.5) is 0 Å². The number of ether oxygens (including phenoxy) is 2. The average Bonchev–Trinajstić information content (AvgIpc) is 2.47. The highest BCUT2D eigenvalue weighted by molar-refractivity contribution is 8.93. The summed E-state index contributed by atoms with van der Waals surface area (Å²) in [5.41, 5.74) is 2.31. The van der Waals surface area contributed by atoms with Gasteiger partial charge in [-0.25, -0.2) is 0 Å². The normalized spacial score (nSPS) is 26.3. The molecule has 0 aromatic heterocycles. The SMILES string of the molecule is Br.CCOc1cc2c(cc1OC)C=NC1CCC(O)CC21. The van der Waals surface area contributed by atoms with Crippen molar-refractivity contribution >= 4 is 23.2 Å². The highest BCUT2D eigenvalue weighted by atomic mass is 79.9. The summed E-state index contributed by atoms with van der Waals surface area (Å²) in [6.07, 6.45) is 4.31. The van der Waals surface area contributed by atoms with E-state index in [-0.39, 0.29) is 23.1 Å². The molecule has 3 atom stereocenters. The number of fused-ring (bicyclic) bond motifs is 3. The van der Waals surface area contributed by atoms with Crippen LogP contribution in [0.3, 0.4) is 0 Å². The fourth-order valence-electron chi connectivity index (χ4n) is 3.27. The van der Waals surface area contributed by atoms with Gasteiger partial charge in [-0.05, 0) is 49.4 Å². The predicted octanol–water partition coefficient (Wildman–Crippen LogP) is 3.10. The van der Waals surface area contributed by atoms with Gasteiger partial charge in [0.2, 0.25) is 0 Å². The molecule has 1 N–H and O–H groups in total. The standard InChI is InChI=1S/C16H21NO3.BrH/c1-3-20-16-8-12-10(6-15(16)19-2)9-17-14-5-4-11(18)7-13(12)14;/h6,8-9,11,13-14,18H,3-5,7H2,1-2H3;1H. The van der Waals surface area contributed by atoms with Gasteiger partial charge in [0.25, 0.3) is 0 Å². The van der Waals surface area contributed by atoms with Crippen LogP contribution in [-0.4, -0.2) is 37.2 Å². The van der Waals surface area contributed by atoms with E-state index in [1.807, 2.05) is 19.2 Å². The highest BCUT2D eigenvalue weighted by Gasteiger charge is 2.34. The minimum atomic E-state index is -0.213. The van der Waals surface area contributed by atoms with E-state index < -0.39 is 0 Å². The lowest BCUT2D eigenvalue weighted by atomic mass is 9.76. The maximum atomic E-state index is 9.94. The second kappa shape index (κ2) is 6.79. The first-order valence-corrected chi connectivity index (χ1v) is 7.29. The third-order valence-corrected chi connectivity index (χ3v) is 4.26. The summed E-state index contributed by atoms with van der Waals surface area (Å²) in [5.74, 6) is 1.82. The van der Waals surface area contributed by atoms with Gasteiger partial charge in [-0.1, -0.05) is 0 Å². The van der Waals surface area contributed by atoms with E-state index in [2.05, 4.69) is 11.1 Å². The van der Waals surface area contributed by atoms with Gasteiger partial charge in [-0.3, -0.25) is 4.99 Å². The van der Waals surface area contributed by atoms with Crippen LogP contribution >= 0.6 is 17.0 Å². The molecule has 5 heteroatoms. The van der Waals surface area contributed by atoms with Gasteiger partial charge < -0.3 is 14.6 Å². The first kappa shape index (κ1) is 16.3. The van der Waals surface area contributed by atoms with Gasteiger partial charge in [-0.2, -0.15) is 0 Å². The second-order valence-electron chi connectivity index (χ2n) is 5.48. The lowest BCUT2D eigenvalue weighted by molar-refractivity contribution is 0.111. The minimum absolute atomic E-state index is 0. The van der Waals surface area contributed by atoms with E-state index in [4.69, 9.17) is 9.47 Å². The molecule has 3 unspecified atom stereocenters. The number of benzene rings is 1. The molecule has 0 amide bonds. The van der Waals surface area contributed by atoms with E-state index in [0.29, 0.717) is 18.6 Å². The number of nitrogens with zero attached hydrogens (tertiary/aromatic N) is 1. The predicted molar refractivity (Wildman–Crippen MR) is 88.5 cm³/mol. The Balaban J connectivity index is 0.00000161. The molecule has 1 aliphatic carbocycles. The molecule has 0 radical (unpaired) electrons. The molecule has 21 heavy (non-hydrogen) atoms. The maximum absolute atomic E-state index is 9.94. The van der Waals surface area contributed by atoms with E-state index in [1.54, 1.807) is 7.11 Å². The number of hydrogen-bond acceptors (Lipinski definition) is 4. The fraction of sp³-hybridized carbons (Fsp3) is 0.562. The van der Waals surface area contributed by atoms with Crippen LogP contribution in [0, 0.1) is 0 Å². The summed E-state index contributed by atoms with van der Waals surface area (Å²) in [7, 11) is 1.65. The fourth-order valence-corrected chi connectivity index (χ4v) is 3.27. The molecule has 1 aliphatic heterocycles. The van der Waals surface area contributed by atoms with Crippen molar-refractivity contribution in [1.29, 1.82) is 0 Å². The molecule has 3 rings (SSSR count). The summed E-state index contributed by atoms with van der Waals surface area (Å²) in [6.45, 7) is 2.58. The summed E-state index contributed by atoms with van der Waals surface area (Å²) in [5, 5.41) is 9.94. The molecule has 0 saturated heterocycles. The third-order valence-electron chi connectivity index (χ3n) is 4.26. The van der Waals surface area contributed by atoms with Crippen LogP contribution in [-0.2, 0) is 0 Å². The first-order chi connectivity index (χ1) is 9.72. The van der Waals surface area contributed by atoms with Crippen molar-refractivity contribution in [3.05, 3.63) is 23.3 Å². The lowest BCUT2D eigenvalue weighted by Gasteiger charge is -2.35. The van der Waals surface area contributed by atoms with Gasteiger partial charge in [0.15, 0.2) is 11.5 Å². The van der Waals surface area contributed by atoms with E-state index in [1.165, 1.54) is 5.56 Å². The van der Waals surface area contributed by atoms with Crippen molar-refractivity contribution in [2.24, 2.45) is 4.99 Å². The summed E-state index contributed by atoms with van der Waals surface area (Å²) in [4.78, 5) is 4.65.